The van der Waals surface area contributed by atoms with Gasteiger partial charge in [-0.3, -0.25) is 4.79 Å². The molecule has 0 aliphatic heterocycles. The molecule has 0 heterocycles. The number of ether oxygens (including phenoxy) is 1. The second-order valence-corrected chi connectivity index (χ2v) is 5.07. The van der Waals surface area contributed by atoms with Gasteiger partial charge in [-0.2, -0.15) is 0 Å². The van der Waals surface area contributed by atoms with Crippen molar-refractivity contribution in [3.8, 4) is 0 Å². The molecule has 0 aliphatic rings. The fourth-order valence-electron chi connectivity index (χ4n) is 0.580. The molecular weight excluding hydrogens is 202 g/mol. The highest BCUT2D eigenvalue weighted by Crippen LogP contribution is 2.11. The third kappa shape index (κ3) is 6.77. The van der Waals surface area contributed by atoms with Crippen molar-refractivity contribution in [3.05, 3.63) is 0 Å². The van der Waals surface area contributed by atoms with Crippen LogP contribution in [0.3, 0.4) is 0 Å². The second kappa shape index (κ2) is 5.24. The van der Waals surface area contributed by atoms with Gasteiger partial charge in [-0.15, -0.1) is 0 Å². The number of nitrogens with zero attached hydrogens (tertiary/aromatic N) is 1. The van der Waals surface area contributed by atoms with Crippen molar-refractivity contribution in [3.63, 3.8) is 0 Å². The van der Waals surface area contributed by atoms with E-state index in [9.17, 15) is 9.59 Å². The number of carbonyl (C=O) groups is 2. The molecule has 1 amide bonds. The topological polar surface area (TPSA) is 46.6 Å². The van der Waals surface area contributed by atoms with Gasteiger partial charge in [-0.1, -0.05) is 11.8 Å². The maximum atomic E-state index is 11.4. The molecule has 0 atom stereocenters. The minimum absolute atomic E-state index is 0.0135. The molecule has 0 unspecified atom stereocenters. The van der Waals surface area contributed by atoms with E-state index >= 15 is 0 Å². The van der Waals surface area contributed by atoms with Gasteiger partial charge >= 0.3 is 6.09 Å². The Balaban J connectivity index is 3.94. The number of rotatable bonds is 2. The van der Waals surface area contributed by atoms with E-state index in [2.05, 4.69) is 0 Å². The lowest BCUT2D eigenvalue weighted by molar-refractivity contribution is -0.109. The molecule has 0 saturated heterocycles. The zero-order valence-electron chi connectivity index (χ0n) is 9.29. The molecule has 0 radical (unpaired) electrons. The Labute approximate surface area is 89.0 Å². The van der Waals surface area contributed by atoms with Gasteiger partial charge in [0.15, 0.2) is 5.12 Å². The van der Waals surface area contributed by atoms with Gasteiger partial charge in [0.2, 0.25) is 0 Å². The van der Waals surface area contributed by atoms with Crippen molar-refractivity contribution < 1.29 is 14.3 Å². The molecular formula is C9H17NO3S. The van der Waals surface area contributed by atoms with Gasteiger partial charge in [-0.05, 0) is 20.8 Å². The average Bonchev–Trinajstić information content (AvgIpc) is 1.96. The van der Waals surface area contributed by atoms with Crippen LogP contribution in [0.25, 0.3) is 0 Å². The molecule has 0 rings (SSSR count). The third-order valence-corrected chi connectivity index (χ3v) is 2.09. The number of thioether (sulfide) groups is 1. The summed E-state index contributed by atoms with van der Waals surface area (Å²) in [5.41, 5.74) is -0.494. The Kier molecular flexibility index (Phi) is 4.97. The van der Waals surface area contributed by atoms with Crippen molar-refractivity contribution in [2.75, 3.05) is 12.9 Å². The molecule has 0 N–H and O–H groups in total. The lowest BCUT2D eigenvalue weighted by Crippen LogP contribution is -2.34. The molecule has 4 nitrogen and oxygen atoms in total. The van der Waals surface area contributed by atoms with Crippen molar-refractivity contribution in [2.24, 2.45) is 0 Å². The Morgan fingerprint density at radius 3 is 2.21 bits per heavy atom. The lowest BCUT2D eigenvalue weighted by Gasteiger charge is -2.24. The Morgan fingerprint density at radius 1 is 1.36 bits per heavy atom. The molecule has 0 saturated carbocycles. The van der Waals surface area contributed by atoms with E-state index in [4.69, 9.17) is 4.74 Å². The first-order valence-corrected chi connectivity index (χ1v) is 5.28. The van der Waals surface area contributed by atoms with E-state index in [1.807, 2.05) is 0 Å². The van der Waals surface area contributed by atoms with Gasteiger partial charge < -0.3 is 9.64 Å². The van der Waals surface area contributed by atoms with Gasteiger partial charge in [0.1, 0.15) is 5.60 Å². The normalized spacial score (nSPS) is 10.9. The van der Waals surface area contributed by atoms with Crippen molar-refractivity contribution in [1.29, 1.82) is 0 Å². The lowest BCUT2D eigenvalue weighted by atomic mass is 10.2. The van der Waals surface area contributed by atoms with Crippen LogP contribution < -0.4 is 0 Å². The highest BCUT2D eigenvalue weighted by molar-refractivity contribution is 8.13. The highest BCUT2D eigenvalue weighted by Gasteiger charge is 2.19. The third-order valence-electron chi connectivity index (χ3n) is 1.17. The molecule has 0 spiro atoms. The van der Waals surface area contributed by atoms with E-state index in [0.29, 0.717) is 5.88 Å². The summed E-state index contributed by atoms with van der Waals surface area (Å²) in [4.78, 5) is 23.4. The van der Waals surface area contributed by atoms with Gasteiger partial charge in [-0.25, -0.2) is 4.79 Å². The van der Waals surface area contributed by atoms with Gasteiger partial charge in [0.25, 0.3) is 0 Å². The number of hydrogen-bond donors (Lipinski definition) is 0. The predicted molar refractivity (Wildman–Crippen MR) is 57.1 cm³/mol. The van der Waals surface area contributed by atoms with E-state index < -0.39 is 11.7 Å². The van der Waals surface area contributed by atoms with Crippen LogP contribution >= 0.6 is 11.8 Å². The zero-order valence-corrected chi connectivity index (χ0v) is 10.1. The van der Waals surface area contributed by atoms with E-state index in [1.54, 1.807) is 27.8 Å². The minimum Gasteiger partial charge on any atom is -0.444 e. The van der Waals surface area contributed by atoms with Crippen LogP contribution in [0.15, 0.2) is 0 Å². The quantitative estimate of drug-likeness (QED) is 0.667. The summed E-state index contributed by atoms with van der Waals surface area (Å²) in [7, 11) is 1.60. The molecule has 0 aromatic carbocycles. The monoisotopic (exact) mass is 219 g/mol. The number of amides is 1. The first kappa shape index (κ1) is 13.3. The molecule has 5 heteroatoms. The molecule has 0 bridgehead atoms. The van der Waals surface area contributed by atoms with Crippen LogP contribution in [-0.4, -0.2) is 34.6 Å². The first-order chi connectivity index (χ1) is 6.22. The van der Waals surface area contributed by atoms with Crippen LogP contribution in [0, 0.1) is 0 Å². The van der Waals surface area contributed by atoms with E-state index in [0.717, 1.165) is 11.8 Å². The summed E-state index contributed by atoms with van der Waals surface area (Å²) < 4.78 is 5.09. The molecule has 0 fully saturated rings. The molecule has 0 aromatic heterocycles. The van der Waals surface area contributed by atoms with E-state index in [-0.39, 0.29) is 5.12 Å². The summed E-state index contributed by atoms with van der Waals surface area (Å²) >= 11 is 1.08. The first-order valence-electron chi connectivity index (χ1n) is 4.30. The second-order valence-electron chi connectivity index (χ2n) is 3.94. The number of hydrogen-bond acceptors (Lipinski definition) is 4. The van der Waals surface area contributed by atoms with Crippen LogP contribution in [0.1, 0.15) is 27.7 Å². The highest BCUT2D eigenvalue weighted by atomic mass is 32.2. The molecule has 0 aliphatic carbocycles. The Hall–Kier alpha value is -0.710. The smallest absolute Gasteiger partial charge is 0.410 e. The van der Waals surface area contributed by atoms with Gasteiger partial charge in [0, 0.05) is 14.0 Å². The summed E-state index contributed by atoms with van der Waals surface area (Å²) in [6.45, 7) is 6.87. The van der Waals surface area contributed by atoms with Crippen molar-refractivity contribution >= 4 is 23.0 Å². The Morgan fingerprint density at radius 2 is 1.86 bits per heavy atom. The average molecular weight is 219 g/mol. The molecule has 82 valence electrons. The van der Waals surface area contributed by atoms with Crippen molar-refractivity contribution in [2.45, 2.75) is 33.3 Å². The van der Waals surface area contributed by atoms with Crippen LogP contribution in [0.5, 0.6) is 0 Å². The maximum Gasteiger partial charge on any atom is 0.410 e. The number of carbonyl (C=O) groups excluding carboxylic acids is 2. The van der Waals surface area contributed by atoms with E-state index in [1.165, 1.54) is 11.8 Å². The Bertz CT molecular complexity index is 223. The SMILES string of the molecule is CC(=O)SCN(C)C(=O)OC(C)(C)C. The van der Waals surface area contributed by atoms with Crippen LogP contribution in [-0.2, 0) is 9.53 Å². The van der Waals surface area contributed by atoms with Crippen LogP contribution in [0.2, 0.25) is 0 Å². The summed E-state index contributed by atoms with van der Waals surface area (Å²) in [6, 6.07) is 0. The predicted octanol–water partition coefficient (Wildman–Crippen LogP) is 2.09. The molecule has 14 heavy (non-hydrogen) atoms. The fraction of sp³-hybridized carbons (Fsp3) is 0.778. The molecule has 0 aromatic rings. The van der Waals surface area contributed by atoms with Crippen molar-refractivity contribution in [1.82, 2.24) is 4.90 Å². The summed E-state index contributed by atoms with van der Waals surface area (Å²) in [6.07, 6.45) is -0.411. The largest absolute Gasteiger partial charge is 0.444 e. The summed E-state index contributed by atoms with van der Waals surface area (Å²) in [5, 5.41) is -0.0135. The standard InChI is InChI=1S/C9H17NO3S/c1-7(11)14-6-10(5)8(12)13-9(2,3)4/h6H2,1-5H3. The summed E-state index contributed by atoms with van der Waals surface area (Å²) in [5.74, 6) is 0.324. The minimum atomic E-state index is -0.494. The zero-order chi connectivity index (χ0) is 11.4. The fourth-order valence-corrected chi connectivity index (χ4v) is 1.06. The van der Waals surface area contributed by atoms with Crippen LogP contribution in [0.4, 0.5) is 4.79 Å². The maximum absolute atomic E-state index is 11.4. The van der Waals surface area contributed by atoms with Gasteiger partial charge in [0.05, 0.1) is 5.88 Å².